The van der Waals surface area contributed by atoms with Crippen molar-refractivity contribution in [3.05, 3.63) is 23.1 Å². The molecule has 1 aromatic rings. The average molecular weight is 255 g/mol. The molecule has 2 heteroatoms. The molecule has 0 spiro atoms. The SMILES string of the molecule is CC.CC.CC.CC/C=C\c1c(C)noc1CC. The fourth-order valence-electron chi connectivity index (χ4n) is 1.13. The lowest BCUT2D eigenvalue weighted by molar-refractivity contribution is 0.383. The van der Waals surface area contributed by atoms with Crippen LogP contribution in [-0.2, 0) is 6.42 Å². The van der Waals surface area contributed by atoms with Crippen molar-refractivity contribution >= 4 is 6.08 Å². The summed E-state index contributed by atoms with van der Waals surface area (Å²) in [5, 5.41) is 3.91. The van der Waals surface area contributed by atoms with Crippen molar-refractivity contribution in [1.29, 1.82) is 0 Å². The van der Waals surface area contributed by atoms with Crippen LogP contribution in [0.15, 0.2) is 10.6 Å². The second kappa shape index (κ2) is 18.3. The van der Waals surface area contributed by atoms with Crippen LogP contribution >= 0.6 is 0 Å². The molecule has 1 rings (SSSR count). The molecule has 0 aliphatic carbocycles. The molecule has 1 heterocycles. The fraction of sp³-hybridized carbons (Fsp3) is 0.688. The molecule has 0 aliphatic heterocycles. The van der Waals surface area contributed by atoms with Gasteiger partial charge in [0.25, 0.3) is 0 Å². The first-order valence-electron chi connectivity index (χ1n) is 7.41. The predicted octanol–water partition coefficient (Wildman–Crippen LogP) is 6.05. The van der Waals surface area contributed by atoms with Crippen LogP contribution in [0, 0.1) is 6.92 Å². The molecule has 1 aromatic heterocycles. The van der Waals surface area contributed by atoms with Crippen molar-refractivity contribution in [1.82, 2.24) is 5.16 Å². The van der Waals surface area contributed by atoms with Gasteiger partial charge in [0.15, 0.2) is 0 Å². The van der Waals surface area contributed by atoms with E-state index in [0.29, 0.717) is 0 Å². The van der Waals surface area contributed by atoms with Gasteiger partial charge in [-0.3, -0.25) is 0 Å². The van der Waals surface area contributed by atoms with Crippen molar-refractivity contribution < 1.29 is 4.52 Å². The largest absolute Gasteiger partial charge is 0.361 e. The molecule has 108 valence electrons. The van der Waals surface area contributed by atoms with Gasteiger partial charge in [-0.05, 0) is 13.3 Å². The van der Waals surface area contributed by atoms with E-state index in [1.54, 1.807) is 0 Å². The second-order valence-electron chi connectivity index (χ2n) is 2.77. The van der Waals surface area contributed by atoms with E-state index in [1.165, 1.54) is 0 Å². The highest BCUT2D eigenvalue weighted by molar-refractivity contribution is 5.53. The van der Waals surface area contributed by atoms with E-state index < -0.39 is 0 Å². The number of allylic oxidation sites excluding steroid dienone is 1. The van der Waals surface area contributed by atoms with Gasteiger partial charge in [-0.1, -0.05) is 72.7 Å². The molecule has 0 bridgehead atoms. The summed E-state index contributed by atoms with van der Waals surface area (Å²) in [7, 11) is 0. The van der Waals surface area contributed by atoms with Gasteiger partial charge < -0.3 is 4.52 Å². The molecule has 2 nitrogen and oxygen atoms in total. The Morgan fingerprint density at radius 2 is 1.50 bits per heavy atom. The topological polar surface area (TPSA) is 26.0 Å². The summed E-state index contributed by atoms with van der Waals surface area (Å²) in [6.45, 7) is 18.2. The van der Waals surface area contributed by atoms with Crippen LogP contribution in [0.1, 0.15) is 78.8 Å². The Kier molecular flexibility index (Phi) is 22.6. The Labute approximate surface area is 114 Å². The van der Waals surface area contributed by atoms with Gasteiger partial charge in [0.1, 0.15) is 5.76 Å². The zero-order valence-electron chi connectivity index (χ0n) is 13.9. The summed E-state index contributed by atoms with van der Waals surface area (Å²) in [5.41, 5.74) is 2.14. The molecule has 0 aromatic carbocycles. The minimum absolute atomic E-state index is 0.907. The van der Waals surface area contributed by atoms with Crippen LogP contribution in [0.2, 0.25) is 0 Å². The summed E-state index contributed by atoms with van der Waals surface area (Å²) in [5.74, 6) is 0.984. The van der Waals surface area contributed by atoms with E-state index in [1.807, 2.05) is 48.5 Å². The molecule has 0 radical (unpaired) electrons. The maximum Gasteiger partial charge on any atom is 0.143 e. The van der Waals surface area contributed by atoms with Crippen LogP contribution in [0.25, 0.3) is 6.08 Å². The minimum Gasteiger partial charge on any atom is -0.361 e. The second-order valence-corrected chi connectivity index (χ2v) is 2.77. The number of aromatic nitrogens is 1. The maximum atomic E-state index is 5.14. The molecule has 0 fully saturated rings. The first-order valence-corrected chi connectivity index (χ1v) is 7.41. The highest BCUT2D eigenvalue weighted by Gasteiger charge is 2.06. The van der Waals surface area contributed by atoms with Crippen LogP contribution in [-0.4, -0.2) is 5.16 Å². The van der Waals surface area contributed by atoms with Gasteiger partial charge in [-0.2, -0.15) is 0 Å². The Morgan fingerprint density at radius 1 is 1.00 bits per heavy atom. The fourth-order valence-corrected chi connectivity index (χ4v) is 1.13. The molecule has 0 N–H and O–H groups in total. The van der Waals surface area contributed by atoms with Gasteiger partial charge in [0.05, 0.1) is 5.69 Å². The number of aryl methyl sites for hydroxylation is 2. The van der Waals surface area contributed by atoms with E-state index >= 15 is 0 Å². The minimum atomic E-state index is 0.907. The van der Waals surface area contributed by atoms with Crippen LogP contribution in [0.4, 0.5) is 0 Å². The molecule has 0 saturated heterocycles. The third kappa shape index (κ3) is 9.03. The average Bonchev–Trinajstić information content (AvgIpc) is 2.83. The standard InChI is InChI=1S/C10H15NO.3C2H6/c1-4-6-7-9-8(3)11-12-10(9)5-2;3*1-2/h6-7H,4-5H2,1-3H3;3*1-2H3/b7-6-;;;. The number of rotatable bonds is 3. The van der Waals surface area contributed by atoms with E-state index in [4.69, 9.17) is 4.52 Å². The normalized spacial score (nSPS) is 8.50. The lowest BCUT2D eigenvalue weighted by atomic mass is 10.1. The van der Waals surface area contributed by atoms with Gasteiger partial charge in [-0.15, -0.1) is 0 Å². The molecule has 0 aliphatic rings. The quantitative estimate of drug-likeness (QED) is 0.657. The lowest BCUT2D eigenvalue weighted by Gasteiger charge is -1.90. The van der Waals surface area contributed by atoms with Gasteiger partial charge in [-0.25, -0.2) is 0 Å². The van der Waals surface area contributed by atoms with Crippen LogP contribution < -0.4 is 0 Å². The summed E-state index contributed by atoms with van der Waals surface area (Å²) in [4.78, 5) is 0. The van der Waals surface area contributed by atoms with Crippen molar-refractivity contribution in [2.45, 2.75) is 75.2 Å². The zero-order chi connectivity index (χ0) is 15.0. The van der Waals surface area contributed by atoms with Gasteiger partial charge in [0, 0.05) is 12.0 Å². The van der Waals surface area contributed by atoms with Crippen LogP contribution in [0.5, 0.6) is 0 Å². The number of hydrogen-bond donors (Lipinski definition) is 0. The molecular weight excluding hydrogens is 222 g/mol. The smallest absolute Gasteiger partial charge is 0.143 e. The lowest BCUT2D eigenvalue weighted by Crippen LogP contribution is -1.80. The number of hydrogen-bond acceptors (Lipinski definition) is 2. The summed E-state index contributed by atoms with van der Waals surface area (Å²) in [6, 6.07) is 0. The molecule has 18 heavy (non-hydrogen) atoms. The first kappa shape index (κ1) is 22.2. The summed E-state index contributed by atoms with van der Waals surface area (Å²) < 4.78 is 5.14. The maximum absolute atomic E-state index is 5.14. The van der Waals surface area contributed by atoms with Crippen molar-refractivity contribution in [3.63, 3.8) is 0 Å². The molecule has 0 atom stereocenters. The van der Waals surface area contributed by atoms with E-state index in [-0.39, 0.29) is 0 Å². The van der Waals surface area contributed by atoms with Gasteiger partial charge >= 0.3 is 0 Å². The van der Waals surface area contributed by atoms with E-state index in [0.717, 1.165) is 29.9 Å². The Hall–Kier alpha value is -1.05. The van der Waals surface area contributed by atoms with Crippen LogP contribution in [0.3, 0.4) is 0 Å². The van der Waals surface area contributed by atoms with Crippen molar-refractivity contribution in [2.75, 3.05) is 0 Å². The summed E-state index contributed by atoms with van der Waals surface area (Å²) in [6.07, 6.45) is 6.17. The summed E-state index contributed by atoms with van der Waals surface area (Å²) >= 11 is 0. The van der Waals surface area contributed by atoms with Crippen molar-refractivity contribution in [2.24, 2.45) is 0 Å². The Balaban J connectivity index is -0.000000328. The molecule has 0 unspecified atom stereocenters. The van der Waals surface area contributed by atoms with Gasteiger partial charge in [0.2, 0.25) is 0 Å². The highest BCUT2D eigenvalue weighted by Crippen LogP contribution is 2.15. The monoisotopic (exact) mass is 255 g/mol. The zero-order valence-corrected chi connectivity index (χ0v) is 13.9. The predicted molar refractivity (Wildman–Crippen MR) is 84.0 cm³/mol. The molecule has 0 amide bonds. The van der Waals surface area contributed by atoms with E-state index in [9.17, 15) is 0 Å². The Bertz CT molecular complexity index is 275. The Morgan fingerprint density at radius 3 is 1.89 bits per heavy atom. The molecule has 0 saturated carbocycles. The van der Waals surface area contributed by atoms with E-state index in [2.05, 4.69) is 31.2 Å². The van der Waals surface area contributed by atoms with Crippen molar-refractivity contribution in [3.8, 4) is 0 Å². The molecular formula is C16H33NO. The number of nitrogens with zero attached hydrogens (tertiary/aromatic N) is 1. The highest BCUT2D eigenvalue weighted by atomic mass is 16.5. The third-order valence-electron chi connectivity index (χ3n) is 1.82. The third-order valence-corrected chi connectivity index (χ3v) is 1.82. The first-order chi connectivity index (χ1) is 8.79.